The molecule has 0 saturated heterocycles. The van der Waals surface area contributed by atoms with Gasteiger partial charge >= 0.3 is 0 Å². The molecule has 3 rings (SSSR count). The molecule has 2 nitrogen and oxygen atoms in total. The lowest BCUT2D eigenvalue weighted by molar-refractivity contribution is 0.624. The van der Waals surface area contributed by atoms with Crippen LogP contribution in [-0.2, 0) is 13.0 Å². The van der Waals surface area contributed by atoms with Crippen molar-refractivity contribution in [2.75, 3.05) is 0 Å². The van der Waals surface area contributed by atoms with Crippen molar-refractivity contribution in [1.29, 1.82) is 0 Å². The van der Waals surface area contributed by atoms with Crippen LogP contribution in [0, 0.1) is 0 Å². The Kier molecular flexibility index (Phi) is 5.78. The Bertz CT molecular complexity index is 696. The summed E-state index contributed by atoms with van der Waals surface area (Å²) in [5.41, 5.74) is 1.33. The zero-order chi connectivity index (χ0) is 15.9. The van der Waals surface area contributed by atoms with E-state index in [4.69, 9.17) is 11.6 Å². The van der Waals surface area contributed by atoms with Crippen LogP contribution in [0.25, 0.3) is 0 Å². The highest BCUT2D eigenvalue weighted by Crippen LogP contribution is 2.27. The highest BCUT2D eigenvalue weighted by atomic mass is 35.5. The zero-order valence-corrected chi connectivity index (χ0v) is 14.4. The summed E-state index contributed by atoms with van der Waals surface area (Å²) in [7, 11) is 0. The van der Waals surface area contributed by atoms with Gasteiger partial charge in [-0.05, 0) is 42.7 Å². The molecule has 0 bridgehead atoms. The molecular formula is C19H19ClN2S. The molecule has 23 heavy (non-hydrogen) atoms. The number of aryl methyl sites for hydroxylation is 1. The van der Waals surface area contributed by atoms with Gasteiger partial charge in [0.15, 0.2) is 0 Å². The smallest absolute Gasteiger partial charge is 0.0946 e. The summed E-state index contributed by atoms with van der Waals surface area (Å²) in [5, 5.41) is 1.30. The predicted molar refractivity (Wildman–Crippen MR) is 98.1 cm³/mol. The topological polar surface area (TPSA) is 17.8 Å². The SMILES string of the molecule is Clc1ccc(CCC(Cn2ccnc2)Sc2ccccc2)cc1. The molecule has 0 aliphatic heterocycles. The van der Waals surface area contributed by atoms with Crippen LogP contribution in [0.4, 0.5) is 0 Å². The van der Waals surface area contributed by atoms with Gasteiger partial charge in [-0.3, -0.25) is 0 Å². The molecule has 1 atom stereocenters. The molecule has 0 aliphatic carbocycles. The van der Waals surface area contributed by atoms with Crippen LogP contribution in [-0.4, -0.2) is 14.8 Å². The van der Waals surface area contributed by atoms with Crippen LogP contribution < -0.4 is 0 Å². The Morgan fingerprint density at radius 1 is 1.04 bits per heavy atom. The third-order valence-corrected chi connectivity index (χ3v) is 5.20. The molecule has 4 heteroatoms. The van der Waals surface area contributed by atoms with Gasteiger partial charge in [0, 0.05) is 34.1 Å². The van der Waals surface area contributed by atoms with Gasteiger partial charge < -0.3 is 4.57 Å². The largest absolute Gasteiger partial charge is 0.336 e. The van der Waals surface area contributed by atoms with Crippen molar-refractivity contribution >= 4 is 23.4 Å². The molecule has 1 heterocycles. The van der Waals surface area contributed by atoms with Gasteiger partial charge in [0.05, 0.1) is 6.33 Å². The molecule has 1 unspecified atom stereocenters. The normalized spacial score (nSPS) is 12.2. The highest BCUT2D eigenvalue weighted by Gasteiger charge is 2.12. The molecule has 0 radical (unpaired) electrons. The number of aromatic nitrogens is 2. The lowest BCUT2D eigenvalue weighted by Crippen LogP contribution is -2.13. The Balaban J connectivity index is 1.65. The number of nitrogens with zero attached hydrogens (tertiary/aromatic N) is 2. The fraction of sp³-hybridized carbons (Fsp3) is 0.211. The molecular weight excluding hydrogens is 324 g/mol. The van der Waals surface area contributed by atoms with E-state index in [1.807, 2.05) is 42.6 Å². The average Bonchev–Trinajstić information content (AvgIpc) is 3.08. The van der Waals surface area contributed by atoms with Crippen molar-refractivity contribution in [2.24, 2.45) is 0 Å². The second kappa shape index (κ2) is 8.23. The van der Waals surface area contributed by atoms with Gasteiger partial charge in [0.2, 0.25) is 0 Å². The van der Waals surface area contributed by atoms with Gasteiger partial charge in [0.1, 0.15) is 0 Å². The van der Waals surface area contributed by atoms with E-state index in [0.717, 1.165) is 24.4 Å². The van der Waals surface area contributed by atoms with Crippen LogP contribution in [0.15, 0.2) is 78.2 Å². The van der Waals surface area contributed by atoms with E-state index in [2.05, 4.69) is 52.0 Å². The maximum absolute atomic E-state index is 5.96. The number of imidazole rings is 1. The lowest BCUT2D eigenvalue weighted by Gasteiger charge is -2.17. The molecule has 0 aliphatic rings. The molecule has 0 N–H and O–H groups in total. The summed E-state index contributed by atoms with van der Waals surface area (Å²) < 4.78 is 2.16. The predicted octanol–water partition coefficient (Wildman–Crippen LogP) is 5.33. The minimum atomic E-state index is 0.502. The number of thioether (sulfide) groups is 1. The summed E-state index contributed by atoms with van der Waals surface area (Å²) in [5.74, 6) is 0. The lowest BCUT2D eigenvalue weighted by atomic mass is 10.1. The first kappa shape index (κ1) is 16.2. The monoisotopic (exact) mass is 342 g/mol. The molecule has 1 aromatic heterocycles. The summed E-state index contributed by atoms with van der Waals surface area (Å²) in [6.45, 7) is 0.965. The van der Waals surface area contributed by atoms with Gasteiger partial charge in [-0.25, -0.2) is 4.98 Å². The first-order chi connectivity index (χ1) is 11.3. The third-order valence-electron chi connectivity index (χ3n) is 3.69. The summed E-state index contributed by atoms with van der Waals surface area (Å²) in [6.07, 6.45) is 7.92. The first-order valence-electron chi connectivity index (χ1n) is 7.71. The second-order valence-electron chi connectivity index (χ2n) is 5.48. The maximum atomic E-state index is 5.96. The van der Waals surface area contributed by atoms with Gasteiger partial charge in [-0.2, -0.15) is 0 Å². The van der Waals surface area contributed by atoms with Crippen molar-refractivity contribution < 1.29 is 0 Å². The van der Waals surface area contributed by atoms with Gasteiger partial charge in [0.25, 0.3) is 0 Å². The minimum Gasteiger partial charge on any atom is -0.336 e. The number of halogens is 1. The molecule has 3 aromatic rings. The molecule has 0 amide bonds. The van der Waals surface area contributed by atoms with Crippen molar-refractivity contribution in [1.82, 2.24) is 9.55 Å². The summed E-state index contributed by atoms with van der Waals surface area (Å²) in [6, 6.07) is 18.8. The molecule has 0 fully saturated rings. The molecule has 2 aromatic carbocycles. The van der Waals surface area contributed by atoms with Crippen LogP contribution >= 0.6 is 23.4 Å². The fourth-order valence-electron chi connectivity index (χ4n) is 2.49. The van der Waals surface area contributed by atoms with Crippen LogP contribution in [0.3, 0.4) is 0 Å². The molecule has 0 saturated carbocycles. The molecule has 118 valence electrons. The Hall–Kier alpha value is -1.71. The van der Waals surface area contributed by atoms with E-state index in [1.54, 1.807) is 0 Å². The number of rotatable bonds is 7. The zero-order valence-electron chi connectivity index (χ0n) is 12.8. The summed E-state index contributed by atoms with van der Waals surface area (Å²) in [4.78, 5) is 5.46. The fourth-order valence-corrected chi connectivity index (χ4v) is 3.80. The molecule has 0 spiro atoms. The number of hydrogen-bond acceptors (Lipinski definition) is 2. The van der Waals surface area contributed by atoms with Crippen molar-refractivity contribution in [2.45, 2.75) is 29.5 Å². The van der Waals surface area contributed by atoms with E-state index < -0.39 is 0 Å². The van der Waals surface area contributed by atoms with Gasteiger partial charge in [-0.1, -0.05) is 41.9 Å². The van der Waals surface area contributed by atoms with Crippen molar-refractivity contribution in [3.8, 4) is 0 Å². The Labute approximate surface area is 146 Å². The number of hydrogen-bond donors (Lipinski definition) is 0. The van der Waals surface area contributed by atoms with E-state index >= 15 is 0 Å². The van der Waals surface area contributed by atoms with Crippen molar-refractivity contribution in [3.05, 3.63) is 83.9 Å². The standard InChI is InChI=1S/C19H19ClN2S/c20-17-9-6-16(7-10-17)8-11-19(14-22-13-12-21-15-22)23-18-4-2-1-3-5-18/h1-7,9-10,12-13,15,19H,8,11,14H2. The highest BCUT2D eigenvalue weighted by molar-refractivity contribution is 8.00. The van der Waals surface area contributed by atoms with Gasteiger partial charge in [-0.15, -0.1) is 11.8 Å². The van der Waals surface area contributed by atoms with Crippen molar-refractivity contribution in [3.63, 3.8) is 0 Å². The second-order valence-corrected chi connectivity index (χ2v) is 7.29. The van der Waals surface area contributed by atoms with Crippen LogP contribution in [0.2, 0.25) is 5.02 Å². The van der Waals surface area contributed by atoms with Crippen LogP contribution in [0.5, 0.6) is 0 Å². The van der Waals surface area contributed by atoms with E-state index in [1.165, 1.54) is 10.5 Å². The van der Waals surface area contributed by atoms with E-state index in [-0.39, 0.29) is 0 Å². The Morgan fingerprint density at radius 3 is 2.52 bits per heavy atom. The van der Waals surface area contributed by atoms with Crippen LogP contribution in [0.1, 0.15) is 12.0 Å². The van der Waals surface area contributed by atoms with E-state index in [9.17, 15) is 0 Å². The Morgan fingerprint density at radius 2 is 1.83 bits per heavy atom. The third kappa shape index (κ3) is 5.15. The number of benzene rings is 2. The maximum Gasteiger partial charge on any atom is 0.0946 e. The minimum absolute atomic E-state index is 0.502. The first-order valence-corrected chi connectivity index (χ1v) is 8.97. The van der Waals surface area contributed by atoms with E-state index in [0.29, 0.717) is 5.25 Å². The average molecular weight is 343 g/mol. The quantitative estimate of drug-likeness (QED) is 0.540. The summed E-state index contributed by atoms with van der Waals surface area (Å²) >= 11 is 7.90.